The van der Waals surface area contributed by atoms with Crippen LogP contribution in [-0.4, -0.2) is 37.5 Å². The van der Waals surface area contributed by atoms with Crippen molar-refractivity contribution in [1.82, 2.24) is 4.90 Å². The molecule has 0 aliphatic rings. The molecule has 0 saturated carbocycles. The molecule has 0 amide bonds. The third-order valence-electron chi connectivity index (χ3n) is 1.24. The van der Waals surface area contributed by atoms with Crippen molar-refractivity contribution in [3.05, 3.63) is 11.8 Å². The van der Waals surface area contributed by atoms with Crippen molar-refractivity contribution in [2.24, 2.45) is 0 Å². The van der Waals surface area contributed by atoms with Gasteiger partial charge in [-0.15, -0.1) is 11.6 Å². The standard InChI is InChI=1S/C8H14ClNO2/c1-4-12-8(11)7(5-6-9)10(2)3/h5H,4,6H2,1-3H3. The van der Waals surface area contributed by atoms with Gasteiger partial charge in [-0.25, -0.2) is 4.79 Å². The molecule has 0 unspecified atom stereocenters. The fourth-order valence-corrected chi connectivity index (χ4v) is 0.873. The second kappa shape index (κ2) is 5.89. The van der Waals surface area contributed by atoms with Crippen LogP contribution in [0.2, 0.25) is 0 Å². The lowest BCUT2D eigenvalue weighted by molar-refractivity contribution is -0.140. The van der Waals surface area contributed by atoms with Crippen LogP contribution in [0.5, 0.6) is 0 Å². The Morgan fingerprint density at radius 1 is 1.58 bits per heavy atom. The largest absolute Gasteiger partial charge is 0.461 e. The number of hydrogen-bond acceptors (Lipinski definition) is 3. The van der Waals surface area contributed by atoms with E-state index in [1.165, 1.54) is 0 Å². The van der Waals surface area contributed by atoms with Crippen LogP contribution in [0, 0.1) is 0 Å². The van der Waals surface area contributed by atoms with E-state index in [0.717, 1.165) is 0 Å². The van der Waals surface area contributed by atoms with Crippen LogP contribution in [0.4, 0.5) is 0 Å². The molecule has 0 N–H and O–H groups in total. The van der Waals surface area contributed by atoms with Crippen LogP contribution in [0.1, 0.15) is 6.92 Å². The maximum Gasteiger partial charge on any atom is 0.354 e. The summed E-state index contributed by atoms with van der Waals surface area (Å²) in [6.07, 6.45) is 1.62. The topological polar surface area (TPSA) is 29.5 Å². The van der Waals surface area contributed by atoms with Gasteiger partial charge in [0.15, 0.2) is 0 Å². The predicted octanol–water partition coefficient (Wildman–Crippen LogP) is 1.23. The Morgan fingerprint density at radius 3 is 2.50 bits per heavy atom. The summed E-state index contributed by atoms with van der Waals surface area (Å²) in [6, 6.07) is 0. The zero-order chi connectivity index (χ0) is 9.56. The van der Waals surface area contributed by atoms with Gasteiger partial charge in [0.1, 0.15) is 5.70 Å². The molecular formula is C8H14ClNO2. The molecular weight excluding hydrogens is 178 g/mol. The molecule has 0 radical (unpaired) electrons. The summed E-state index contributed by atoms with van der Waals surface area (Å²) < 4.78 is 4.81. The van der Waals surface area contributed by atoms with Gasteiger partial charge in [-0.05, 0) is 13.0 Å². The van der Waals surface area contributed by atoms with Crippen molar-refractivity contribution in [3.8, 4) is 0 Å². The molecule has 0 rings (SSSR count). The summed E-state index contributed by atoms with van der Waals surface area (Å²) in [4.78, 5) is 12.9. The average Bonchev–Trinajstić information content (AvgIpc) is 1.99. The zero-order valence-corrected chi connectivity index (χ0v) is 8.39. The fourth-order valence-electron chi connectivity index (χ4n) is 0.727. The van der Waals surface area contributed by atoms with Crippen molar-refractivity contribution in [2.45, 2.75) is 6.92 Å². The van der Waals surface area contributed by atoms with Crippen molar-refractivity contribution in [3.63, 3.8) is 0 Å². The van der Waals surface area contributed by atoms with E-state index in [4.69, 9.17) is 16.3 Å². The van der Waals surface area contributed by atoms with E-state index < -0.39 is 0 Å². The number of hydrogen-bond donors (Lipinski definition) is 0. The molecule has 0 bridgehead atoms. The molecule has 4 heteroatoms. The number of carbonyl (C=O) groups is 1. The lowest BCUT2D eigenvalue weighted by Crippen LogP contribution is -2.21. The highest BCUT2D eigenvalue weighted by atomic mass is 35.5. The van der Waals surface area contributed by atoms with Gasteiger partial charge >= 0.3 is 5.97 Å². The van der Waals surface area contributed by atoms with Crippen LogP contribution >= 0.6 is 11.6 Å². The van der Waals surface area contributed by atoms with E-state index in [1.54, 1.807) is 32.0 Å². The first kappa shape index (κ1) is 11.3. The third-order valence-corrected chi connectivity index (χ3v) is 1.39. The first-order valence-corrected chi connectivity index (χ1v) is 4.27. The van der Waals surface area contributed by atoms with E-state index in [0.29, 0.717) is 18.2 Å². The first-order valence-electron chi connectivity index (χ1n) is 3.74. The maximum absolute atomic E-state index is 11.2. The number of allylic oxidation sites excluding steroid dienone is 1. The Balaban J connectivity index is 4.30. The second-order valence-corrected chi connectivity index (χ2v) is 2.67. The van der Waals surface area contributed by atoms with Gasteiger partial charge < -0.3 is 9.64 Å². The number of halogens is 1. The van der Waals surface area contributed by atoms with Gasteiger partial charge in [0.05, 0.1) is 6.61 Å². The molecule has 0 saturated heterocycles. The highest BCUT2D eigenvalue weighted by Gasteiger charge is 2.11. The summed E-state index contributed by atoms with van der Waals surface area (Å²) in [5.74, 6) is -0.0186. The van der Waals surface area contributed by atoms with Crippen LogP contribution in [0.25, 0.3) is 0 Å². The Hall–Kier alpha value is -0.700. The number of carbonyl (C=O) groups excluding carboxylic acids is 1. The molecule has 0 atom stereocenters. The number of alkyl halides is 1. The monoisotopic (exact) mass is 191 g/mol. The average molecular weight is 192 g/mol. The normalized spacial score (nSPS) is 11.2. The van der Waals surface area contributed by atoms with Gasteiger partial charge in [-0.3, -0.25) is 0 Å². The SMILES string of the molecule is CCOC(=O)C(=CCCl)N(C)C. The lowest BCUT2D eigenvalue weighted by Gasteiger charge is -2.14. The smallest absolute Gasteiger partial charge is 0.354 e. The molecule has 0 fully saturated rings. The maximum atomic E-state index is 11.2. The summed E-state index contributed by atoms with van der Waals surface area (Å²) in [6.45, 7) is 2.15. The Morgan fingerprint density at radius 2 is 2.17 bits per heavy atom. The number of ether oxygens (including phenoxy) is 1. The van der Waals surface area contributed by atoms with E-state index >= 15 is 0 Å². The van der Waals surface area contributed by atoms with Gasteiger partial charge in [0, 0.05) is 20.0 Å². The highest BCUT2D eigenvalue weighted by Crippen LogP contribution is 2.02. The molecule has 0 aromatic carbocycles. The molecule has 12 heavy (non-hydrogen) atoms. The highest BCUT2D eigenvalue weighted by molar-refractivity contribution is 6.19. The summed E-state index contributed by atoms with van der Waals surface area (Å²) >= 11 is 5.47. The molecule has 3 nitrogen and oxygen atoms in total. The molecule has 0 aliphatic heterocycles. The Labute approximate surface area is 77.9 Å². The lowest BCUT2D eigenvalue weighted by atomic mass is 10.4. The van der Waals surface area contributed by atoms with Crippen LogP contribution < -0.4 is 0 Å². The molecule has 0 aromatic heterocycles. The van der Waals surface area contributed by atoms with Crippen molar-refractivity contribution < 1.29 is 9.53 Å². The minimum Gasteiger partial charge on any atom is -0.461 e. The van der Waals surface area contributed by atoms with Crippen molar-refractivity contribution >= 4 is 17.6 Å². The van der Waals surface area contributed by atoms with Crippen LogP contribution in [0.15, 0.2) is 11.8 Å². The summed E-state index contributed by atoms with van der Waals surface area (Å²) in [7, 11) is 3.55. The predicted molar refractivity (Wildman–Crippen MR) is 49.1 cm³/mol. The Bertz CT molecular complexity index is 178. The Kier molecular flexibility index (Phi) is 5.54. The van der Waals surface area contributed by atoms with E-state index in [2.05, 4.69) is 0 Å². The number of esters is 1. The van der Waals surface area contributed by atoms with E-state index in [-0.39, 0.29) is 5.97 Å². The van der Waals surface area contributed by atoms with E-state index in [1.807, 2.05) is 0 Å². The summed E-state index contributed by atoms with van der Waals surface area (Å²) in [5.41, 5.74) is 0.492. The second-order valence-electron chi connectivity index (χ2n) is 2.36. The van der Waals surface area contributed by atoms with Gasteiger partial charge in [0.25, 0.3) is 0 Å². The third kappa shape index (κ3) is 3.62. The quantitative estimate of drug-likeness (QED) is 0.380. The molecule has 0 aromatic rings. The fraction of sp³-hybridized carbons (Fsp3) is 0.625. The number of nitrogens with zero attached hydrogens (tertiary/aromatic N) is 1. The van der Waals surface area contributed by atoms with Crippen molar-refractivity contribution in [1.29, 1.82) is 0 Å². The first-order chi connectivity index (χ1) is 5.63. The zero-order valence-electron chi connectivity index (χ0n) is 7.63. The number of rotatable bonds is 4. The molecule has 0 heterocycles. The van der Waals surface area contributed by atoms with Crippen LogP contribution in [-0.2, 0) is 9.53 Å². The van der Waals surface area contributed by atoms with Gasteiger partial charge in [-0.1, -0.05) is 0 Å². The molecule has 0 aliphatic carbocycles. The van der Waals surface area contributed by atoms with E-state index in [9.17, 15) is 4.79 Å². The van der Waals surface area contributed by atoms with Gasteiger partial charge in [0.2, 0.25) is 0 Å². The molecule has 70 valence electrons. The van der Waals surface area contributed by atoms with Crippen LogP contribution in [0.3, 0.4) is 0 Å². The molecule has 0 spiro atoms. The van der Waals surface area contributed by atoms with Crippen molar-refractivity contribution in [2.75, 3.05) is 26.6 Å². The minimum atomic E-state index is -0.330. The minimum absolute atomic E-state index is 0.312. The number of likely N-dealkylation sites (N-methyl/N-ethyl adjacent to an activating group) is 1. The summed E-state index contributed by atoms with van der Waals surface area (Å²) in [5, 5.41) is 0. The van der Waals surface area contributed by atoms with Gasteiger partial charge in [-0.2, -0.15) is 0 Å².